The molecular formula is C19H25N3O2. The highest BCUT2D eigenvalue weighted by atomic mass is 16.5. The molecule has 3 rings (SSSR count). The number of aliphatic hydroxyl groups is 1. The van der Waals surface area contributed by atoms with Crippen molar-refractivity contribution in [3.63, 3.8) is 0 Å². The predicted octanol–water partition coefficient (Wildman–Crippen LogP) is 2.54. The lowest BCUT2D eigenvalue weighted by Crippen LogP contribution is -2.34. The minimum atomic E-state index is 0.0381. The van der Waals surface area contributed by atoms with Crippen LogP contribution in [0.3, 0.4) is 0 Å². The second-order valence-electron chi connectivity index (χ2n) is 6.32. The average Bonchev–Trinajstić information content (AvgIpc) is 2.60. The summed E-state index contributed by atoms with van der Waals surface area (Å²) in [6.07, 6.45) is 4.24. The summed E-state index contributed by atoms with van der Waals surface area (Å²) in [4.78, 5) is 11.3. The quantitative estimate of drug-likeness (QED) is 0.883. The van der Waals surface area contributed by atoms with E-state index in [0.29, 0.717) is 12.5 Å². The lowest BCUT2D eigenvalue weighted by atomic mass is 9.94. The highest BCUT2D eigenvalue weighted by Crippen LogP contribution is 2.27. The number of aryl methyl sites for hydroxylation is 1. The van der Waals surface area contributed by atoms with Gasteiger partial charge in [-0.2, -0.15) is 0 Å². The summed E-state index contributed by atoms with van der Waals surface area (Å²) < 4.78 is 5.50. The van der Waals surface area contributed by atoms with Crippen molar-refractivity contribution in [2.24, 2.45) is 0 Å². The van der Waals surface area contributed by atoms with Gasteiger partial charge in [0, 0.05) is 30.9 Å². The van der Waals surface area contributed by atoms with E-state index < -0.39 is 0 Å². The van der Waals surface area contributed by atoms with Crippen LogP contribution in [0.2, 0.25) is 0 Å². The third kappa shape index (κ3) is 4.52. The van der Waals surface area contributed by atoms with Crippen LogP contribution in [0.1, 0.15) is 35.8 Å². The minimum Gasteiger partial charge on any atom is -0.491 e. The van der Waals surface area contributed by atoms with Crippen LogP contribution in [0, 0.1) is 6.92 Å². The van der Waals surface area contributed by atoms with Crippen molar-refractivity contribution < 1.29 is 9.84 Å². The number of rotatable bonds is 6. The number of aliphatic hydroxyl groups excluding tert-OH is 1. The van der Waals surface area contributed by atoms with Crippen LogP contribution >= 0.6 is 0 Å². The molecule has 1 saturated heterocycles. The first kappa shape index (κ1) is 16.9. The molecule has 1 aliphatic rings. The second kappa shape index (κ2) is 8.22. The SMILES string of the molecule is Cc1nccc(C2CCCN(Cc3cccc(OCCO)c3)C2)n1. The Kier molecular flexibility index (Phi) is 5.77. The summed E-state index contributed by atoms with van der Waals surface area (Å²) >= 11 is 0. The normalized spacial score (nSPS) is 18.5. The first-order valence-corrected chi connectivity index (χ1v) is 8.59. The molecule has 1 fully saturated rings. The molecule has 2 heterocycles. The van der Waals surface area contributed by atoms with Gasteiger partial charge in [-0.25, -0.2) is 9.97 Å². The Bertz CT molecular complexity index is 663. The van der Waals surface area contributed by atoms with Crippen molar-refractivity contribution in [3.05, 3.63) is 53.6 Å². The minimum absolute atomic E-state index is 0.0381. The van der Waals surface area contributed by atoms with Crippen LogP contribution in [-0.2, 0) is 6.54 Å². The molecule has 1 atom stereocenters. The molecule has 1 unspecified atom stereocenters. The van der Waals surface area contributed by atoms with E-state index in [1.54, 1.807) is 0 Å². The average molecular weight is 327 g/mol. The summed E-state index contributed by atoms with van der Waals surface area (Å²) in [5.74, 6) is 2.15. The molecule has 5 heteroatoms. The molecule has 24 heavy (non-hydrogen) atoms. The molecule has 1 aliphatic heterocycles. The standard InChI is InChI=1S/C19H25N3O2/c1-15-20-8-7-19(21-15)17-5-3-9-22(14-17)13-16-4-2-6-18(12-16)24-11-10-23/h2,4,6-8,12,17,23H,3,5,9-11,13-14H2,1H3. The Balaban J connectivity index is 1.63. The number of hydrogen-bond donors (Lipinski definition) is 1. The van der Waals surface area contributed by atoms with E-state index in [1.165, 1.54) is 18.4 Å². The lowest BCUT2D eigenvalue weighted by Gasteiger charge is -2.32. The number of benzene rings is 1. The van der Waals surface area contributed by atoms with Gasteiger partial charge in [0.1, 0.15) is 18.2 Å². The maximum Gasteiger partial charge on any atom is 0.125 e. The lowest BCUT2D eigenvalue weighted by molar-refractivity contribution is 0.195. The van der Waals surface area contributed by atoms with Gasteiger partial charge in [0.15, 0.2) is 0 Å². The molecule has 1 N–H and O–H groups in total. The van der Waals surface area contributed by atoms with Crippen LogP contribution in [0.15, 0.2) is 36.5 Å². The zero-order valence-electron chi connectivity index (χ0n) is 14.2. The van der Waals surface area contributed by atoms with E-state index in [0.717, 1.165) is 36.9 Å². The van der Waals surface area contributed by atoms with Gasteiger partial charge in [-0.1, -0.05) is 12.1 Å². The fourth-order valence-electron chi connectivity index (χ4n) is 3.30. The van der Waals surface area contributed by atoms with Gasteiger partial charge in [0.05, 0.1) is 6.61 Å². The van der Waals surface area contributed by atoms with Gasteiger partial charge in [0.25, 0.3) is 0 Å². The summed E-state index contributed by atoms with van der Waals surface area (Å²) in [6.45, 7) is 5.37. The van der Waals surface area contributed by atoms with Gasteiger partial charge >= 0.3 is 0 Å². The van der Waals surface area contributed by atoms with Crippen molar-refractivity contribution in [2.45, 2.75) is 32.2 Å². The largest absolute Gasteiger partial charge is 0.491 e. The van der Waals surface area contributed by atoms with Crippen LogP contribution in [0.5, 0.6) is 5.75 Å². The molecule has 5 nitrogen and oxygen atoms in total. The molecule has 0 radical (unpaired) electrons. The summed E-state index contributed by atoms with van der Waals surface area (Å²) in [7, 11) is 0. The van der Waals surface area contributed by atoms with E-state index >= 15 is 0 Å². The van der Waals surface area contributed by atoms with E-state index in [2.05, 4.69) is 27.0 Å². The summed E-state index contributed by atoms with van der Waals surface area (Å²) in [5, 5.41) is 8.87. The second-order valence-corrected chi connectivity index (χ2v) is 6.32. The Hall–Kier alpha value is -1.98. The molecule has 1 aromatic carbocycles. The van der Waals surface area contributed by atoms with Crippen molar-refractivity contribution in [3.8, 4) is 5.75 Å². The van der Waals surface area contributed by atoms with Crippen LogP contribution in [0.4, 0.5) is 0 Å². The molecule has 0 aliphatic carbocycles. The highest BCUT2D eigenvalue weighted by Gasteiger charge is 2.22. The molecule has 0 saturated carbocycles. The van der Waals surface area contributed by atoms with Gasteiger partial charge in [-0.3, -0.25) is 4.90 Å². The fourth-order valence-corrected chi connectivity index (χ4v) is 3.30. The van der Waals surface area contributed by atoms with E-state index in [1.807, 2.05) is 31.3 Å². The number of ether oxygens (including phenoxy) is 1. The first-order valence-electron chi connectivity index (χ1n) is 8.59. The van der Waals surface area contributed by atoms with E-state index in [-0.39, 0.29) is 6.61 Å². The van der Waals surface area contributed by atoms with Gasteiger partial charge < -0.3 is 9.84 Å². The molecule has 0 spiro atoms. The van der Waals surface area contributed by atoms with E-state index in [4.69, 9.17) is 9.84 Å². The first-order chi connectivity index (χ1) is 11.7. The topological polar surface area (TPSA) is 58.5 Å². The number of nitrogens with zero attached hydrogens (tertiary/aromatic N) is 3. The summed E-state index contributed by atoms with van der Waals surface area (Å²) in [5.41, 5.74) is 2.40. The van der Waals surface area contributed by atoms with Gasteiger partial charge in [-0.05, 0) is 50.1 Å². The molecule has 1 aromatic heterocycles. The number of likely N-dealkylation sites (tertiary alicyclic amines) is 1. The summed E-state index contributed by atoms with van der Waals surface area (Å²) in [6, 6.07) is 10.2. The van der Waals surface area contributed by atoms with Crippen LogP contribution in [-0.4, -0.2) is 46.3 Å². The predicted molar refractivity (Wildman–Crippen MR) is 93.0 cm³/mol. The Morgan fingerprint density at radius 1 is 1.33 bits per heavy atom. The van der Waals surface area contributed by atoms with E-state index in [9.17, 15) is 0 Å². The maximum atomic E-state index is 8.87. The molecule has 2 aromatic rings. The van der Waals surface area contributed by atoms with Crippen molar-refractivity contribution in [1.82, 2.24) is 14.9 Å². The van der Waals surface area contributed by atoms with Gasteiger partial charge in [-0.15, -0.1) is 0 Å². The molecular weight excluding hydrogens is 302 g/mol. The maximum absolute atomic E-state index is 8.87. The zero-order chi connectivity index (χ0) is 16.8. The fraction of sp³-hybridized carbons (Fsp3) is 0.474. The van der Waals surface area contributed by atoms with Crippen molar-refractivity contribution in [2.75, 3.05) is 26.3 Å². The Labute approximate surface area is 143 Å². The highest BCUT2D eigenvalue weighted by molar-refractivity contribution is 5.28. The number of aromatic nitrogens is 2. The Morgan fingerprint density at radius 3 is 3.08 bits per heavy atom. The monoisotopic (exact) mass is 327 g/mol. The molecule has 0 bridgehead atoms. The van der Waals surface area contributed by atoms with Crippen molar-refractivity contribution >= 4 is 0 Å². The van der Waals surface area contributed by atoms with Crippen LogP contribution < -0.4 is 4.74 Å². The van der Waals surface area contributed by atoms with Gasteiger partial charge in [0.2, 0.25) is 0 Å². The molecule has 0 amide bonds. The number of piperidine rings is 1. The van der Waals surface area contributed by atoms with Crippen molar-refractivity contribution in [1.29, 1.82) is 0 Å². The Morgan fingerprint density at radius 2 is 2.25 bits per heavy atom. The molecule has 128 valence electrons. The third-order valence-corrected chi connectivity index (χ3v) is 4.39. The smallest absolute Gasteiger partial charge is 0.125 e. The third-order valence-electron chi connectivity index (χ3n) is 4.39. The zero-order valence-corrected chi connectivity index (χ0v) is 14.2. The number of hydrogen-bond acceptors (Lipinski definition) is 5. The van der Waals surface area contributed by atoms with Crippen LogP contribution in [0.25, 0.3) is 0 Å².